The van der Waals surface area contributed by atoms with Gasteiger partial charge in [0.25, 0.3) is 5.56 Å². The molecule has 1 aliphatic rings. The summed E-state index contributed by atoms with van der Waals surface area (Å²) in [6, 6.07) is 6.88. The molecule has 0 fully saturated rings. The Morgan fingerprint density at radius 3 is 2.54 bits per heavy atom. The summed E-state index contributed by atoms with van der Waals surface area (Å²) in [5.74, 6) is 0.470. The number of fused-ring (bicyclic) bond motifs is 1. The third kappa shape index (κ3) is 8.98. The smallest absolute Gasteiger partial charge is 0.316 e. The Morgan fingerprint density at radius 1 is 1.29 bits per heavy atom. The SMILES string of the molecule is CCOC(=O)CBr.Nc1ccc(Br)[nH]c1=O.O=C1COc2nc(Br)ccc2C1. The Balaban J connectivity index is 0.000000220. The Hall–Kier alpha value is -1.72. The Bertz CT molecular complexity index is 873. The summed E-state index contributed by atoms with van der Waals surface area (Å²) in [5, 5.41) is 0.292. The summed E-state index contributed by atoms with van der Waals surface area (Å²) < 4.78 is 11.0. The van der Waals surface area contributed by atoms with Crippen molar-refractivity contribution in [2.45, 2.75) is 13.3 Å². The number of nitrogens with one attached hydrogen (secondary N) is 1. The lowest BCUT2D eigenvalue weighted by Gasteiger charge is -2.14. The number of ether oxygens (including phenoxy) is 2. The lowest BCUT2D eigenvalue weighted by atomic mass is 10.1. The first kappa shape index (κ1) is 24.3. The third-order valence-corrected chi connectivity index (χ3v) is 4.34. The summed E-state index contributed by atoms with van der Waals surface area (Å²) in [5.41, 5.74) is 6.07. The molecule has 2 aromatic heterocycles. The number of carbonyl (C=O) groups excluding carboxylic acids is 2. The molecule has 0 amide bonds. The molecular formula is C17H18Br3N3O5. The van der Waals surface area contributed by atoms with Gasteiger partial charge in [-0.1, -0.05) is 22.0 Å². The first-order valence-corrected chi connectivity index (χ1v) is 10.6. The Morgan fingerprint density at radius 2 is 2.00 bits per heavy atom. The van der Waals surface area contributed by atoms with Crippen LogP contribution >= 0.6 is 47.8 Å². The van der Waals surface area contributed by atoms with Gasteiger partial charge in [-0.25, -0.2) is 4.98 Å². The highest BCUT2D eigenvalue weighted by atomic mass is 79.9. The van der Waals surface area contributed by atoms with E-state index >= 15 is 0 Å². The number of aromatic nitrogens is 2. The van der Waals surface area contributed by atoms with E-state index in [1.54, 1.807) is 25.1 Å². The molecule has 0 aromatic carbocycles. The van der Waals surface area contributed by atoms with Gasteiger partial charge < -0.3 is 20.2 Å². The number of aromatic amines is 1. The minimum Gasteiger partial charge on any atom is -0.469 e. The van der Waals surface area contributed by atoms with Crippen LogP contribution < -0.4 is 16.0 Å². The molecule has 0 unspecified atom stereocenters. The number of esters is 1. The van der Waals surface area contributed by atoms with E-state index in [1.807, 2.05) is 6.07 Å². The molecule has 0 radical (unpaired) electrons. The van der Waals surface area contributed by atoms with Crippen LogP contribution in [-0.2, 0) is 20.7 Å². The van der Waals surface area contributed by atoms with E-state index in [0.717, 1.165) is 10.2 Å². The van der Waals surface area contributed by atoms with E-state index < -0.39 is 0 Å². The lowest BCUT2D eigenvalue weighted by Crippen LogP contribution is -2.20. The van der Waals surface area contributed by atoms with E-state index in [-0.39, 0.29) is 29.6 Å². The first-order valence-electron chi connectivity index (χ1n) is 7.92. The molecule has 0 spiro atoms. The van der Waals surface area contributed by atoms with Crippen molar-refractivity contribution in [1.29, 1.82) is 0 Å². The van der Waals surface area contributed by atoms with Crippen molar-refractivity contribution in [3.63, 3.8) is 0 Å². The van der Waals surface area contributed by atoms with Crippen molar-refractivity contribution in [3.8, 4) is 5.88 Å². The maximum absolute atomic E-state index is 10.9. The summed E-state index contributed by atoms with van der Waals surface area (Å²) >= 11 is 9.26. The molecule has 2 aromatic rings. The second-order valence-corrected chi connectivity index (χ2v) is 7.36. The van der Waals surface area contributed by atoms with Crippen LogP contribution in [0.3, 0.4) is 0 Å². The van der Waals surface area contributed by atoms with Crippen molar-refractivity contribution in [3.05, 3.63) is 49.4 Å². The summed E-state index contributed by atoms with van der Waals surface area (Å²) in [6.07, 6.45) is 0.440. The quantitative estimate of drug-likeness (QED) is 0.316. The van der Waals surface area contributed by atoms with Crippen molar-refractivity contribution >= 4 is 65.2 Å². The number of alkyl halides is 1. The molecule has 0 bridgehead atoms. The molecule has 28 heavy (non-hydrogen) atoms. The number of nitrogens with zero attached hydrogens (tertiary/aromatic N) is 1. The number of rotatable bonds is 2. The van der Waals surface area contributed by atoms with Crippen LogP contribution in [0.1, 0.15) is 12.5 Å². The van der Waals surface area contributed by atoms with Gasteiger partial charge in [-0.3, -0.25) is 14.4 Å². The number of Topliss-reactive ketones (excluding diaryl/α,β-unsaturated/α-hetero) is 1. The predicted molar refractivity (Wildman–Crippen MR) is 116 cm³/mol. The van der Waals surface area contributed by atoms with Gasteiger partial charge in [-0.05, 0) is 57.0 Å². The normalized spacial score (nSPS) is 11.6. The summed E-state index contributed by atoms with van der Waals surface area (Å²) in [4.78, 5) is 38.3. The molecule has 0 saturated heterocycles. The second-order valence-electron chi connectivity index (χ2n) is 5.13. The number of nitrogens with two attached hydrogens (primary N) is 1. The van der Waals surface area contributed by atoms with Crippen molar-refractivity contribution < 1.29 is 19.1 Å². The standard InChI is InChI=1S/C8H6BrNO2.C5H5BrN2O.C4H7BrO2/c9-7-2-1-5-3-6(11)4-12-8(5)10-7;6-4-2-1-3(7)5(9)8-4;1-2-7-4(6)3-5/h1-2H,3-4H2;1-2H,7H2,(H,8,9);2-3H2,1H3. The molecule has 0 aliphatic carbocycles. The molecule has 1 aliphatic heterocycles. The molecule has 3 N–H and O–H groups in total. The molecule has 11 heteroatoms. The molecular weight excluding hydrogens is 566 g/mol. The highest BCUT2D eigenvalue weighted by Gasteiger charge is 2.17. The fourth-order valence-corrected chi connectivity index (χ4v) is 2.55. The van der Waals surface area contributed by atoms with Crippen LogP contribution in [0.2, 0.25) is 0 Å². The van der Waals surface area contributed by atoms with Crippen molar-refractivity contribution in [2.75, 3.05) is 24.3 Å². The van der Waals surface area contributed by atoms with Gasteiger partial charge in [0.1, 0.15) is 16.5 Å². The predicted octanol–water partition coefficient (Wildman–Crippen LogP) is 3.01. The zero-order valence-corrected chi connectivity index (χ0v) is 19.6. The van der Waals surface area contributed by atoms with Crippen LogP contribution in [0.25, 0.3) is 0 Å². The number of anilines is 1. The highest BCUT2D eigenvalue weighted by Crippen LogP contribution is 2.22. The summed E-state index contributed by atoms with van der Waals surface area (Å²) in [7, 11) is 0. The fraction of sp³-hybridized carbons (Fsp3) is 0.294. The van der Waals surface area contributed by atoms with Crippen LogP contribution in [0.15, 0.2) is 38.3 Å². The minimum atomic E-state index is -0.260. The molecule has 8 nitrogen and oxygen atoms in total. The van der Waals surface area contributed by atoms with Gasteiger partial charge >= 0.3 is 5.97 Å². The van der Waals surface area contributed by atoms with Crippen LogP contribution in [0.4, 0.5) is 5.69 Å². The van der Waals surface area contributed by atoms with Gasteiger partial charge in [0, 0.05) is 12.0 Å². The number of H-pyrrole nitrogens is 1. The van der Waals surface area contributed by atoms with E-state index in [2.05, 4.69) is 62.5 Å². The lowest BCUT2D eigenvalue weighted by molar-refractivity contribution is -0.139. The van der Waals surface area contributed by atoms with Gasteiger partial charge in [0.15, 0.2) is 5.78 Å². The number of hydrogen-bond donors (Lipinski definition) is 2. The van der Waals surface area contributed by atoms with Gasteiger partial charge in [-0.2, -0.15) is 0 Å². The largest absolute Gasteiger partial charge is 0.469 e. The van der Waals surface area contributed by atoms with E-state index in [0.29, 0.717) is 28.8 Å². The van der Waals surface area contributed by atoms with Crippen LogP contribution in [0.5, 0.6) is 5.88 Å². The third-order valence-electron chi connectivity index (χ3n) is 2.98. The average molecular weight is 584 g/mol. The van der Waals surface area contributed by atoms with Gasteiger partial charge in [-0.15, -0.1) is 0 Å². The Labute approximate surface area is 186 Å². The highest BCUT2D eigenvalue weighted by molar-refractivity contribution is 9.10. The molecule has 0 atom stereocenters. The van der Waals surface area contributed by atoms with Crippen molar-refractivity contribution in [1.82, 2.24) is 9.97 Å². The maximum atomic E-state index is 10.9. The second kappa shape index (κ2) is 12.7. The zero-order valence-electron chi connectivity index (χ0n) is 14.8. The minimum absolute atomic E-state index is 0.103. The first-order chi connectivity index (χ1) is 13.3. The topological polar surface area (TPSA) is 124 Å². The summed E-state index contributed by atoms with van der Waals surface area (Å²) in [6.45, 7) is 2.39. The molecule has 3 heterocycles. The number of hydrogen-bond acceptors (Lipinski definition) is 7. The Kier molecular flexibility index (Phi) is 11.0. The van der Waals surface area contributed by atoms with E-state index in [9.17, 15) is 14.4 Å². The zero-order chi connectivity index (χ0) is 21.1. The van der Waals surface area contributed by atoms with Gasteiger partial charge in [0.05, 0.1) is 16.9 Å². The van der Waals surface area contributed by atoms with E-state index in [4.69, 9.17) is 10.5 Å². The fourth-order valence-electron chi connectivity index (χ4n) is 1.78. The monoisotopic (exact) mass is 581 g/mol. The van der Waals surface area contributed by atoms with Gasteiger partial charge in [0.2, 0.25) is 5.88 Å². The number of nitrogen functional groups attached to an aromatic ring is 1. The van der Waals surface area contributed by atoms with Crippen LogP contribution in [-0.4, -0.2) is 40.3 Å². The molecule has 0 saturated carbocycles. The van der Waals surface area contributed by atoms with E-state index in [1.165, 1.54) is 0 Å². The molecule has 3 rings (SSSR count). The average Bonchev–Trinajstić information content (AvgIpc) is 2.66. The van der Waals surface area contributed by atoms with Crippen molar-refractivity contribution in [2.24, 2.45) is 0 Å². The number of carbonyl (C=O) groups is 2. The number of pyridine rings is 2. The number of halogens is 3. The molecule has 152 valence electrons. The number of ketones is 1. The maximum Gasteiger partial charge on any atom is 0.316 e. The van der Waals surface area contributed by atoms with Crippen LogP contribution in [0, 0.1) is 0 Å².